The summed E-state index contributed by atoms with van der Waals surface area (Å²) in [5.74, 6) is -0.384. The van der Waals surface area contributed by atoms with Gasteiger partial charge in [0.25, 0.3) is 0 Å². The van der Waals surface area contributed by atoms with Crippen molar-refractivity contribution < 1.29 is 19.1 Å². The molecule has 4 heteroatoms. The van der Waals surface area contributed by atoms with Gasteiger partial charge >= 0.3 is 11.9 Å². The van der Waals surface area contributed by atoms with Gasteiger partial charge in [-0.15, -0.1) is 0 Å². The Morgan fingerprint density at radius 3 is 2.40 bits per heavy atom. The van der Waals surface area contributed by atoms with E-state index in [1.165, 1.54) is 13.5 Å². The van der Waals surface area contributed by atoms with Crippen LogP contribution in [0.3, 0.4) is 0 Å². The Balaban J connectivity index is 2.29. The van der Waals surface area contributed by atoms with E-state index in [0.717, 1.165) is 57.8 Å². The number of carbonyl (C=O) groups excluding carboxylic acids is 2. The number of unbranched alkanes of at least 4 members (excludes halogenated alkanes) is 7. The zero-order valence-electron chi connectivity index (χ0n) is 18.7. The molecule has 166 valence electrons. The molecule has 0 aliphatic carbocycles. The highest BCUT2D eigenvalue weighted by molar-refractivity contribution is 5.89. The molecule has 1 atom stereocenters. The number of rotatable bonds is 16. The summed E-state index contributed by atoms with van der Waals surface area (Å²) in [6, 6.07) is 9.15. The number of hydrogen-bond donors (Lipinski definition) is 0. The maximum Gasteiger partial charge on any atom is 0.338 e. The third-order valence-corrected chi connectivity index (χ3v) is 4.91. The molecule has 4 nitrogen and oxygen atoms in total. The molecule has 0 radical (unpaired) electrons. The second-order valence-electron chi connectivity index (χ2n) is 7.50. The molecule has 30 heavy (non-hydrogen) atoms. The van der Waals surface area contributed by atoms with Gasteiger partial charge in [-0.25, -0.2) is 4.79 Å². The van der Waals surface area contributed by atoms with Gasteiger partial charge in [-0.05, 0) is 50.3 Å². The SMILES string of the molecule is CCCCC[C@@H](/C=C/C=C/CCCCCCCC(=O)OC)OC(=O)c1ccccc1. The van der Waals surface area contributed by atoms with E-state index in [4.69, 9.17) is 4.74 Å². The molecule has 1 aromatic rings. The van der Waals surface area contributed by atoms with E-state index < -0.39 is 0 Å². The average molecular weight is 415 g/mol. The van der Waals surface area contributed by atoms with Gasteiger partial charge in [0.05, 0.1) is 12.7 Å². The van der Waals surface area contributed by atoms with Crippen molar-refractivity contribution in [2.24, 2.45) is 0 Å². The first-order chi connectivity index (χ1) is 14.7. The van der Waals surface area contributed by atoms with Crippen LogP contribution in [0.5, 0.6) is 0 Å². The van der Waals surface area contributed by atoms with Gasteiger partial charge in [0.2, 0.25) is 0 Å². The molecular weight excluding hydrogens is 376 g/mol. The number of methoxy groups -OCH3 is 1. The first kappa shape index (κ1) is 25.7. The van der Waals surface area contributed by atoms with Gasteiger partial charge in [-0.2, -0.15) is 0 Å². The third kappa shape index (κ3) is 13.0. The Morgan fingerprint density at radius 1 is 0.933 bits per heavy atom. The van der Waals surface area contributed by atoms with E-state index in [9.17, 15) is 9.59 Å². The maximum atomic E-state index is 12.3. The van der Waals surface area contributed by atoms with Gasteiger partial charge in [0.1, 0.15) is 6.10 Å². The maximum absolute atomic E-state index is 12.3. The van der Waals surface area contributed by atoms with Crippen molar-refractivity contribution in [1.82, 2.24) is 0 Å². The molecule has 0 saturated carbocycles. The lowest BCUT2D eigenvalue weighted by Gasteiger charge is -2.14. The Morgan fingerprint density at radius 2 is 1.67 bits per heavy atom. The quantitative estimate of drug-likeness (QED) is 0.169. The highest BCUT2D eigenvalue weighted by Crippen LogP contribution is 2.12. The van der Waals surface area contributed by atoms with Crippen LogP contribution < -0.4 is 0 Å². The van der Waals surface area contributed by atoms with E-state index in [1.54, 1.807) is 12.1 Å². The topological polar surface area (TPSA) is 52.6 Å². The van der Waals surface area contributed by atoms with Crippen molar-refractivity contribution in [2.45, 2.75) is 83.7 Å². The number of ether oxygens (including phenoxy) is 2. The second kappa shape index (κ2) is 17.5. The molecule has 0 N–H and O–H groups in total. The van der Waals surface area contributed by atoms with E-state index >= 15 is 0 Å². The normalized spacial score (nSPS) is 12.3. The van der Waals surface area contributed by atoms with Crippen molar-refractivity contribution in [2.75, 3.05) is 7.11 Å². The Bertz CT molecular complexity index is 634. The first-order valence-corrected chi connectivity index (χ1v) is 11.3. The van der Waals surface area contributed by atoms with Crippen LogP contribution in [0.15, 0.2) is 54.6 Å². The molecule has 0 saturated heterocycles. The van der Waals surface area contributed by atoms with E-state index in [0.29, 0.717) is 12.0 Å². The van der Waals surface area contributed by atoms with Crippen LogP contribution in [-0.4, -0.2) is 25.2 Å². The molecule has 0 bridgehead atoms. The van der Waals surface area contributed by atoms with Gasteiger partial charge in [0, 0.05) is 6.42 Å². The van der Waals surface area contributed by atoms with Crippen LogP contribution in [0.25, 0.3) is 0 Å². The lowest BCUT2D eigenvalue weighted by molar-refractivity contribution is -0.140. The standard InChI is InChI=1S/C26H38O4/c1-3-4-13-20-24(30-26(28)23-18-14-12-15-19-23)21-16-10-8-6-5-7-9-11-17-22-25(27)29-2/h8,10,12,14-16,18-19,21,24H,3-7,9,11,13,17,20,22H2,1-2H3/b10-8+,21-16+/t24-/m0/s1. The van der Waals surface area contributed by atoms with E-state index in [-0.39, 0.29) is 18.0 Å². The lowest BCUT2D eigenvalue weighted by atomic mass is 10.1. The number of allylic oxidation sites excluding steroid dienone is 3. The predicted octanol–water partition coefficient (Wildman–Crippen LogP) is 6.81. The average Bonchev–Trinajstić information content (AvgIpc) is 2.77. The van der Waals surface area contributed by atoms with Crippen molar-refractivity contribution in [3.8, 4) is 0 Å². The summed E-state index contributed by atoms with van der Waals surface area (Å²) in [5.41, 5.74) is 0.591. The summed E-state index contributed by atoms with van der Waals surface area (Å²) in [5, 5.41) is 0. The highest BCUT2D eigenvalue weighted by atomic mass is 16.5. The van der Waals surface area contributed by atoms with Crippen LogP contribution in [-0.2, 0) is 14.3 Å². The number of hydrogen-bond acceptors (Lipinski definition) is 4. The summed E-state index contributed by atoms with van der Waals surface area (Å²) >= 11 is 0. The highest BCUT2D eigenvalue weighted by Gasteiger charge is 2.12. The van der Waals surface area contributed by atoms with Gasteiger partial charge in [0.15, 0.2) is 0 Å². The van der Waals surface area contributed by atoms with Gasteiger partial charge < -0.3 is 9.47 Å². The molecule has 1 aromatic carbocycles. The van der Waals surface area contributed by atoms with Crippen molar-refractivity contribution >= 4 is 11.9 Å². The Labute approximate surface area is 182 Å². The molecule has 0 amide bonds. The van der Waals surface area contributed by atoms with Crippen LogP contribution in [0.1, 0.15) is 87.9 Å². The summed E-state index contributed by atoms with van der Waals surface area (Å²) in [6.45, 7) is 2.17. The summed E-state index contributed by atoms with van der Waals surface area (Å²) in [4.78, 5) is 23.4. The fourth-order valence-electron chi connectivity index (χ4n) is 3.10. The van der Waals surface area contributed by atoms with Crippen molar-refractivity contribution in [3.63, 3.8) is 0 Å². The monoisotopic (exact) mass is 414 g/mol. The molecular formula is C26H38O4. The van der Waals surface area contributed by atoms with Crippen LogP contribution >= 0.6 is 0 Å². The Hall–Kier alpha value is -2.36. The fourth-order valence-corrected chi connectivity index (χ4v) is 3.10. The van der Waals surface area contributed by atoms with E-state index in [2.05, 4.69) is 17.7 Å². The molecule has 0 aromatic heterocycles. The van der Waals surface area contributed by atoms with Crippen LogP contribution in [0.4, 0.5) is 0 Å². The number of benzene rings is 1. The van der Waals surface area contributed by atoms with Crippen LogP contribution in [0.2, 0.25) is 0 Å². The molecule has 0 aliphatic rings. The van der Waals surface area contributed by atoms with Crippen molar-refractivity contribution in [1.29, 1.82) is 0 Å². The van der Waals surface area contributed by atoms with Gasteiger partial charge in [-0.3, -0.25) is 4.79 Å². The third-order valence-electron chi connectivity index (χ3n) is 4.91. The first-order valence-electron chi connectivity index (χ1n) is 11.3. The molecule has 0 fully saturated rings. The minimum absolute atomic E-state index is 0.118. The smallest absolute Gasteiger partial charge is 0.338 e. The number of esters is 2. The summed E-state index contributed by atoms with van der Waals surface area (Å²) < 4.78 is 10.3. The van der Waals surface area contributed by atoms with Crippen LogP contribution in [0, 0.1) is 0 Å². The molecule has 1 rings (SSSR count). The minimum Gasteiger partial charge on any atom is -0.469 e. The zero-order chi connectivity index (χ0) is 21.9. The zero-order valence-corrected chi connectivity index (χ0v) is 18.7. The molecule has 0 heterocycles. The van der Waals surface area contributed by atoms with Gasteiger partial charge in [-0.1, -0.05) is 75.5 Å². The van der Waals surface area contributed by atoms with E-state index in [1.807, 2.05) is 36.4 Å². The lowest BCUT2D eigenvalue weighted by Crippen LogP contribution is -2.16. The summed E-state index contributed by atoms with van der Waals surface area (Å²) in [6.07, 6.45) is 19.2. The minimum atomic E-state index is -0.266. The summed E-state index contributed by atoms with van der Waals surface area (Å²) in [7, 11) is 1.43. The van der Waals surface area contributed by atoms with Crippen molar-refractivity contribution in [3.05, 3.63) is 60.2 Å². The molecule has 0 spiro atoms. The largest absolute Gasteiger partial charge is 0.469 e. The molecule has 0 aliphatic heterocycles. The Kier molecular flexibility index (Phi) is 15.0. The number of carbonyl (C=O) groups is 2. The fraction of sp³-hybridized carbons (Fsp3) is 0.538. The molecule has 0 unspecified atom stereocenters. The second-order valence-corrected chi connectivity index (χ2v) is 7.50. The predicted molar refractivity (Wildman–Crippen MR) is 122 cm³/mol.